The Morgan fingerprint density at radius 2 is 1.94 bits per heavy atom. The first-order valence-electron chi connectivity index (χ1n) is 7.15. The smallest absolute Gasteiger partial charge is 0.303 e. The molecule has 3 heteroatoms. The number of hydrogen-bond donors (Lipinski definition) is 2. The van der Waals surface area contributed by atoms with Crippen LogP contribution >= 0.6 is 0 Å². The summed E-state index contributed by atoms with van der Waals surface area (Å²) in [7, 11) is 0. The number of carboxylic acids is 1. The monoisotopic (exact) mass is 241 g/mol. The van der Waals surface area contributed by atoms with E-state index >= 15 is 0 Å². The quantitative estimate of drug-likeness (QED) is 0.642. The summed E-state index contributed by atoms with van der Waals surface area (Å²) in [4.78, 5) is 10.3. The summed E-state index contributed by atoms with van der Waals surface area (Å²) >= 11 is 0. The van der Waals surface area contributed by atoms with Crippen LogP contribution in [-0.2, 0) is 4.79 Å². The van der Waals surface area contributed by atoms with Gasteiger partial charge in [-0.1, -0.05) is 25.7 Å². The number of carbonyl (C=O) groups is 1. The minimum atomic E-state index is -0.673. The molecule has 2 N–H and O–H groups in total. The Morgan fingerprint density at radius 1 is 1.24 bits per heavy atom. The lowest BCUT2D eigenvalue weighted by Gasteiger charge is -2.28. The molecule has 0 aromatic rings. The van der Waals surface area contributed by atoms with E-state index in [4.69, 9.17) is 5.11 Å². The summed E-state index contributed by atoms with van der Waals surface area (Å²) in [5.41, 5.74) is 0. The predicted molar refractivity (Wildman–Crippen MR) is 70.1 cm³/mol. The maximum absolute atomic E-state index is 10.3. The lowest BCUT2D eigenvalue weighted by Crippen LogP contribution is -2.35. The SMILES string of the molecule is C[C@H](NCCCCCC(=O)O)C1CCCCC1. The van der Waals surface area contributed by atoms with Gasteiger partial charge in [-0.25, -0.2) is 0 Å². The summed E-state index contributed by atoms with van der Waals surface area (Å²) < 4.78 is 0. The third-order valence-corrected chi connectivity index (χ3v) is 3.89. The average molecular weight is 241 g/mol. The van der Waals surface area contributed by atoms with Crippen LogP contribution in [0.5, 0.6) is 0 Å². The molecule has 0 bridgehead atoms. The van der Waals surface area contributed by atoms with Crippen LogP contribution in [-0.4, -0.2) is 23.7 Å². The van der Waals surface area contributed by atoms with Crippen LogP contribution in [0.4, 0.5) is 0 Å². The zero-order valence-electron chi connectivity index (χ0n) is 11.1. The van der Waals surface area contributed by atoms with Crippen molar-refractivity contribution in [1.29, 1.82) is 0 Å². The van der Waals surface area contributed by atoms with E-state index in [1.807, 2.05) is 0 Å². The Bertz CT molecular complexity index is 212. The topological polar surface area (TPSA) is 49.3 Å². The maximum Gasteiger partial charge on any atom is 0.303 e. The van der Waals surface area contributed by atoms with Crippen LogP contribution in [0, 0.1) is 5.92 Å². The van der Waals surface area contributed by atoms with Gasteiger partial charge in [0.05, 0.1) is 0 Å². The molecule has 0 aromatic carbocycles. The first-order valence-corrected chi connectivity index (χ1v) is 7.15. The summed E-state index contributed by atoms with van der Waals surface area (Å²) in [6.45, 7) is 3.34. The van der Waals surface area contributed by atoms with Crippen molar-refractivity contribution in [2.75, 3.05) is 6.54 Å². The number of hydrogen-bond acceptors (Lipinski definition) is 2. The van der Waals surface area contributed by atoms with Gasteiger partial charge < -0.3 is 10.4 Å². The molecule has 0 amide bonds. The first kappa shape index (κ1) is 14.5. The van der Waals surface area contributed by atoms with Crippen molar-refractivity contribution in [2.24, 2.45) is 5.92 Å². The molecule has 1 fully saturated rings. The van der Waals surface area contributed by atoms with Crippen molar-refractivity contribution in [2.45, 2.75) is 70.8 Å². The lowest BCUT2D eigenvalue weighted by molar-refractivity contribution is -0.137. The van der Waals surface area contributed by atoms with Crippen molar-refractivity contribution >= 4 is 5.97 Å². The fourth-order valence-corrected chi connectivity index (χ4v) is 2.71. The highest BCUT2D eigenvalue weighted by molar-refractivity contribution is 5.66. The minimum Gasteiger partial charge on any atom is -0.481 e. The molecule has 1 saturated carbocycles. The van der Waals surface area contributed by atoms with Gasteiger partial charge in [-0.2, -0.15) is 0 Å². The molecule has 3 nitrogen and oxygen atoms in total. The highest BCUT2D eigenvalue weighted by atomic mass is 16.4. The normalized spacial score (nSPS) is 19.1. The highest BCUT2D eigenvalue weighted by Gasteiger charge is 2.18. The Kier molecular flexibility index (Phi) is 7.25. The van der Waals surface area contributed by atoms with Gasteiger partial charge in [-0.3, -0.25) is 4.79 Å². The maximum atomic E-state index is 10.3. The molecule has 0 aromatic heterocycles. The van der Waals surface area contributed by atoms with Crippen molar-refractivity contribution in [3.63, 3.8) is 0 Å². The van der Waals surface area contributed by atoms with Crippen LogP contribution in [0.3, 0.4) is 0 Å². The van der Waals surface area contributed by atoms with E-state index in [0.717, 1.165) is 31.7 Å². The van der Waals surface area contributed by atoms with E-state index in [-0.39, 0.29) is 0 Å². The molecule has 0 radical (unpaired) electrons. The molecule has 100 valence electrons. The van der Waals surface area contributed by atoms with E-state index in [1.54, 1.807) is 0 Å². The fourth-order valence-electron chi connectivity index (χ4n) is 2.71. The van der Waals surface area contributed by atoms with Gasteiger partial charge in [0.1, 0.15) is 0 Å². The van der Waals surface area contributed by atoms with Crippen molar-refractivity contribution in [3.8, 4) is 0 Å². The molecule has 0 unspecified atom stereocenters. The predicted octanol–water partition coefficient (Wildman–Crippen LogP) is 3.19. The summed E-state index contributed by atoms with van der Waals surface area (Å²) in [5, 5.41) is 12.1. The average Bonchev–Trinajstić information content (AvgIpc) is 2.34. The number of aliphatic carboxylic acids is 1. The van der Waals surface area contributed by atoms with Crippen LogP contribution in [0.2, 0.25) is 0 Å². The van der Waals surface area contributed by atoms with E-state index in [2.05, 4.69) is 12.2 Å². The van der Waals surface area contributed by atoms with Gasteiger partial charge in [-0.15, -0.1) is 0 Å². The molecular weight excluding hydrogens is 214 g/mol. The van der Waals surface area contributed by atoms with Crippen LogP contribution in [0.1, 0.15) is 64.7 Å². The zero-order chi connectivity index (χ0) is 12.5. The van der Waals surface area contributed by atoms with Crippen molar-refractivity contribution in [1.82, 2.24) is 5.32 Å². The number of nitrogens with one attached hydrogen (secondary N) is 1. The van der Waals surface area contributed by atoms with E-state index < -0.39 is 5.97 Å². The Labute approximate surface area is 105 Å². The second-order valence-electron chi connectivity index (χ2n) is 5.35. The molecule has 0 spiro atoms. The third-order valence-electron chi connectivity index (χ3n) is 3.89. The Morgan fingerprint density at radius 3 is 2.59 bits per heavy atom. The molecule has 1 aliphatic carbocycles. The van der Waals surface area contributed by atoms with Crippen LogP contribution in [0.15, 0.2) is 0 Å². The van der Waals surface area contributed by atoms with Crippen LogP contribution in [0.25, 0.3) is 0 Å². The summed E-state index contributed by atoms with van der Waals surface area (Å²) in [6, 6.07) is 0.634. The molecule has 1 atom stereocenters. The summed E-state index contributed by atoms with van der Waals surface area (Å²) in [6.07, 6.45) is 10.2. The first-order chi connectivity index (χ1) is 8.20. The van der Waals surface area contributed by atoms with Gasteiger partial charge in [0.15, 0.2) is 0 Å². The molecule has 0 heterocycles. The fraction of sp³-hybridized carbons (Fsp3) is 0.929. The molecular formula is C14H27NO2. The van der Waals surface area contributed by atoms with Crippen LogP contribution < -0.4 is 5.32 Å². The van der Waals surface area contributed by atoms with Crippen molar-refractivity contribution in [3.05, 3.63) is 0 Å². The Hall–Kier alpha value is -0.570. The molecule has 0 aliphatic heterocycles. The molecule has 17 heavy (non-hydrogen) atoms. The molecule has 1 aliphatic rings. The van der Waals surface area contributed by atoms with Crippen molar-refractivity contribution < 1.29 is 9.90 Å². The largest absolute Gasteiger partial charge is 0.481 e. The third kappa shape index (κ3) is 6.67. The van der Waals surface area contributed by atoms with Gasteiger partial charge in [0.25, 0.3) is 0 Å². The molecule has 0 saturated heterocycles. The zero-order valence-corrected chi connectivity index (χ0v) is 11.1. The molecule has 1 rings (SSSR count). The second kappa shape index (κ2) is 8.51. The van der Waals surface area contributed by atoms with Gasteiger partial charge in [-0.05, 0) is 45.1 Å². The second-order valence-corrected chi connectivity index (χ2v) is 5.35. The summed E-state index contributed by atoms with van der Waals surface area (Å²) in [5.74, 6) is 0.191. The van der Waals surface area contributed by atoms with E-state index in [1.165, 1.54) is 32.1 Å². The Balaban J connectivity index is 1.96. The number of carboxylic acid groups (broad SMARTS) is 1. The van der Waals surface area contributed by atoms with Gasteiger partial charge >= 0.3 is 5.97 Å². The van der Waals surface area contributed by atoms with E-state index in [0.29, 0.717) is 12.5 Å². The number of unbranched alkanes of at least 4 members (excludes halogenated alkanes) is 2. The van der Waals surface area contributed by atoms with Gasteiger partial charge in [0.2, 0.25) is 0 Å². The standard InChI is InChI=1S/C14H27NO2/c1-12(13-8-4-2-5-9-13)15-11-7-3-6-10-14(16)17/h12-13,15H,2-11H2,1H3,(H,16,17)/t12-/m0/s1. The number of rotatable bonds is 8. The minimum absolute atomic E-state index is 0.318. The van der Waals surface area contributed by atoms with Gasteiger partial charge in [0, 0.05) is 12.5 Å². The van der Waals surface area contributed by atoms with E-state index in [9.17, 15) is 4.79 Å². The lowest BCUT2D eigenvalue weighted by atomic mass is 9.84. The highest BCUT2D eigenvalue weighted by Crippen LogP contribution is 2.26.